The van der Waals surface area contributed by atoms with Crippen LogP contribution in [-0.2, 0) is 10.5 Å². The summed E-state index contributed by atoms with van der Waals surface area (Å²) in [5.41, 5.74) is 6.12. The molecule has 0 saturated carbocycles. The van der Waals surface area contributed by atoms with Gasteiger partial charge in [-0.3, -0.25) is 9.59 Å². The second kappa shape index (κ2) is 10.7. The number of aryl methyl sites for hydroxylation is 3. The molecule has 0 unspecified atom stereocenters. The van der Waals surface area contributed by atoms with Crippen LogP contribution in [0.4, 0.5) is 5.69 Å². The molecule has 0 saturated heterocycles. The molecule has 0 aliphatic rings. The van der Waals surface area contributed by atoms with E-state index in [2.05, 4.69) is 16.7 Å². The van der Waals surface area contributed by atoms with Crippen molar-refractivity contribution in [3.8, 4) is 6.07 Å². The number of carbonyl (C=O) groups excluding carboxylic acids is 2. The zero-order valence-corrected chi connectivity index (χ0v) is 19.2. The third-order valence-corrected chi connectivity index (χ3v) is 6.10. The lowest BCUT2D eigenvalue weighted by Gasteiger charge is -2.14. The van der Waals surface area contributed by atoms with Crippen LogP contribution in [0.2, 0.25) is 0 Å². The van der Waals surface area contributed by atoms with Crippen LogP contribution in [0.5, 0.6) is 0 Å². The van der Waals surface area contributed by atoms with E-state index in [0.29, 0.717) is 16.9 Å². The quantitative estimate of drug-likeness (QED) is 0.495. The highest BCUT2D eigenvalue weighted by molar-refractivity contribution is 7.98. The molecule has 0 radical (unpaired) electrons. The molecule has 6 heteroatoms. The van der Waals surface area contributed by atoms with Gasteiger partial charge in [0.15, 0.2) is 0 Å². The fraction of sp³-hybridized carbons (Fsp3) is 0.192. The smallest absolute Gasteiger partial charge is 0.252 e. The first kappa shape index (κ1) is 23.1. The second-order valence-electron chi connectivity index (χ2n) is 7.60. The molecule has 0 spiro atoms. The number of hydrogen-bond donors (Lipinski definition) is 2. The zero-order chi connectivity index (χ0) is 23.1. The maximum atomic E-state index is 12.8. The van der Waals surface area contributed by atoms with Gasteiger partial charge in [-0.15, -0.1) is 11.8 Å². The van der Waals surface area contributed by atoms with E-state index < -0.39 is 0 Å². The Morgan fingerprint density at radius 1 is 0.969 bits per heavy atom. The predicted molar refractivity (Wildman–Crippen MR) is 129 cm³/mol. The second-order valence-corrected chi connectivity index (χ2v) is 8.62. The van der Waals surface area contributed by atoms with E-state index in [1.165, 1.54) is 11.8 Å². The first-order valence-electron chi connectivity index (χ1n) is 10.2. The van der Waals surface area contributed by atoms with Crippen molar-refractivity contribution in [2.75, 3.05) is 11.9 Å². The summed E-state index contributed by atoms with van der Waals surface area (Å²) < 4.78 is 0. The first-order chi connectivity index (χ1) is 15.4. The van der Waals surface area contributed by atoms with Crippen LogP contribution in [0, 0.1) is 32.1 Å². The highest BCUT2D eigenvalue weighted by Gasteiger charge is 2.14. The number of thioether (sulfide) groups is 1. The third-order valence-electron chi connectivity index (χ3n) is 4.96. The lowest BCUT2D eigenvalue weighted by molar-refractivity contribution is -0.115. The summed E-state index contributed by atoms with van der Waals surface area (Å²) in [5.74, 6) is 0.110. The minimum atomic E-state index is -0.291. The number of anilines is 1. The molecule has 0 aliphatic heterocycles. The van der Waals surface area contributed by atoms with Gasteiger partial charge < -0.3 is 10.6 Å². The van der Waals surface area contributed by atoms with Gasteiger partial charge in [0, 0.05) is 16.3 Å². The zero-order valence-electron chi connectivity index (χ0n) is 18.4. The molecule has 5 nitrogen and oxygen atoms in total. The highest BCUT2D eigenvalue weighted by atomic mass is 32.2. The van der Waals surface area contributed by atoms with Crippen molar-refractivity contribution in [2.45, 2.75) is 31.4 Å². The minimum Gasteiger partial charge on any atom is -0.343 e. The van der Waals surface area contributed by atoms with E-state index in [9.17, 15) is 9.59 Å². The number of hydrogen-bond acceptors (Lipinski definition) is 4. The van der Waals surface area contributed by atoms with E-state index in [1.54, 1.807) is 24.3 Å². The predicted octanol–water partition coefficient (Wildman–Crippen LogP) is 5.14. The molecule has 2 N–H and O–H groups in total. The Bertz CT molecular complexity index is 1160. The first-order valence-corrected chi connectivity index (χ1v) is 11.2. The van der Waals surface area contributed by atoms with E-state index in [0.717, 1.165) is 32.8 Å². The molecule has 0 fully saturated rings. The van der Waals surface area contributed by atoms with Crippen LogP contribution in [-0.4, -0.2) is 18.4 Å². The summed E-state index contributed by atoms with van der Waals surface area (Å²) in [6.07, 6.45) is 0. The fourth-order valence-electron chi connectivity index (χ4n) is 3.43. The van der Waals surface area contributed by atoms with Crippen molar-refractivity contribution >= 4 is 29.3 Å². The number of nitrogens with one attached hydrogen (secondary N) is 2. The molecule has 3 rings (SSSR count). The summed E-state index contributed by atoms with van der Waals surface area (Å²) in [5, 5.41) is 14.5. The number of carbonyl (C=O) groups is 2. The van der Waals surface area contributed by atoms with Crippen LogP contribution >= 0.6 is 11.8 Å². The molecule has 162 valence electrons. The SMILES string of the molecule is Cc1cc(C)c(NC(=O)CNC(=O)c2ccccc2SCc2ccc(C#N)cc2)c(C)c1. The Kier molecular flexibility index (Phi) is 7.69. The van der Waals surface area contributed by atoms with E-state index in [4.69, 9.17) is 5.26 Å². The Morgan fingerprint density at radius 2 is 1.62 bits per heavy atom. The van der Waals surface area contributed by atoms with Crippen LogP contribution in [0.3, 0.4) is 0 Å². The number of benzene rings is 3. The molecule has 3 aromatic rings. The highest BCUT2D eigenvalue weighted by Crippen LogP contribution is 2.26. The molecule has 0 aromatic heterocycles. The molecular weight excluding hydrogens is 418 g/mol. The van der Waals surface area contributed by atoms with Crippen LogP contribution in [0.1, 0.15) is 38.2 Å². The van der Waals surface area contributed by atoms with E-state index >= 15 is 0 Å². The Morgan fingerprint density at radius 3 is 2.28 bits per heavy atom. The summed E-state index contributed by atoms with van der Waals surface area (Å²) in [6.45, 7) is 5.81. The summed E-state index contributed by atoms with van der Waals surface area (Å²) in [6, 6.07) is 20.9. The van der Waals surface area contributed by atoms with Crippen molar-refractivity contribution in [2.24, 2.45) is 0 Å². The van der Waals surface area contributed by atoms with Crippen molar-refractivity contribution in [3.63, 3.8) is 0 Å². The maximum absolute atomic E-state index is 12.8. The number of nitrogens with zero attached hydrogens (tertiary/aromatic N) is 1. The normalized spacial score (nSPS) is 10.3. The van der Waals surface area contributed by atoms with Crippen LogP contribution in [0.25, 0.3) is 0 Å². The van der Waals surface area contributed by atoms with Gasteiger partial charge in [0.05, 0.1) is 23.7 Å². The average molecular weight is 444 g/mol. The molecule has 0 aliphatic carbocycles. The minimum absolute atomic E-state index is 0.111. The summed E-state index contributed by atoms with van der Waals surface area (Å²) >= 11 is 1.54. The van der Waals surface area contributed by atoms with E-state index in [-0.39, 0.29) is 18.4 Å². The third kappa shape index (κ3) is 5.99. The maximum Gasteiger partial charge on any atom is 0.252 e. The molecule has 3 aromatic carbocycles. The Hall–Kier alpha value is -3.56. The average Bonchev–Trinajstić information content (AvgIpc) is 2.79. The van der Waals surface area contributed by atoms with Gasteiger partial charge in [-0.25, -0.2) is 0 Å². The van der Waals surface area contributed by atoms with Crippen molar-refractivity contribution in [1.82, 2.24) is 5.32 Å². The van der Waals surface area contributed by atoms with Gasteiger partial charge in [-0.1, -0.05) is 42.0 Å². The van der Waals surface area contributed by atoms with Gasteiger partial charge in [-0.2, -0.15) is 5.26 Å². The molecule has 0 atom stereocenters. The van der Waals surface area contributed by atoms with Gasteiger partial charge in [-0.05, 0) is 61.7 Å². The molecule has 0 heterocycles. The van der Waals surface area contributed by atoms with E-state index in [1.807, 2.05) is 57.2 Å². The van der Waals surface area contributed by atoms with Gasteiger partial charge in [0.25, 0.3) is 5.91 Å². The Labute approximate surface area is 192 Å². The van der Waals surface area contributed by atoms with Crippen LogP contribution in [0.15, 0.2) is 65.6 Å². The molecular formula is C26H25N3O2S. The van der Waals surface area contributed by atoms with Crippen molar-refractivity contribution in [1.29, 1.82) is 5.26 Å². The molecule has 2 amide bonds. The van der Waals surface area contributed by atoms with Gasteiger partial charge in [0.2, 0.25) is 5.91 Å². The topological polar surface area (TPSA) is 82.0 Å². The fourth-order valence-corrected chi connectivity index (χ4v) is 4.44. The van der Waals surface area contributed by atoms with Gasteiger partial charge >= 0.3 is 0 Å². The lowest BCUT2D eigenvalue weighted by Crippen LogP contribution is -2.33. The monoisotopic (exact) mass is 443 g/mol. The lowest BCUT2D eigenvalue weighted by atomic mass is 10.1. The number of rotatable bonds is 7. The molecule has 0 bridgehead atoms. The molecule has 32 heavy (non-hydrogen) atoms. The van der Waals surface area contributed by atoms with Crippen molar-refractivity contribution in [3.05, 3.63) is 94.0 Å². The summed E-state index contributed by atoms with van der Waals surface area (Å²) in [4.78, 5) is 26.0. The van der Waals surface area contributed by atoms with Gasteiger partial charge in [0.1, 0.15) is 0 Å². The Balaban J connectivity index is 1.60. The van der Waals surface area contributed by atoms with Crippen molar-refractivity contribution < 1.29 is 9.59 Å². The number of amides is 2. The summed E-state index contributed by atoms with van der Waals surface area (Å²) in [7, 11) is 0. The van der Waals surface area contributed by atoms with Crippen LogP contribution < -0.4 is 10.6 Å². The largest absolute Gasteiger partial charge is 0.343 e. The standard InChI is InChI=1S/C26H25N3O2S/c1-17-12-18(2)25(19(3)13-17)29-24(30)15-28-26(31)22-6-4-5-7-23(22)32-16-21-10-8-20(14-27)9-11-21/h4-13H,15-16H2,1-3H3,(H,28,31)(H,29,30). The number of nitriles is 1.